The molecule has 18 nitrogen and oxygen atoms in total. The molecule has 3 heterocycles. The highest BCUT2D eigenvalue weighted by molar-refractivity contribution is 6.25. The van der Waals surface area contributed by atoms with Crippen molar-refractivity contribution in [1.29, 1.82) is 0 Å². The number of rotatable bonds is 25. The average molecular weight is 1100 g/mol. The summed E-state index contributed by atoms with van der Waals surface area (Å²) in [5, 5.41) is 5.39. The van der Waals surface area contributed by atoms with Crippen molar-refractivity contribution in [2.45, 2.75) is 83.4 Å². The third kappa shape index (κ3) is 16.8. The highest BCUT2D eigenvalue weighted by Gasteiger charge is 2.60. The summed E-state index contributed by atoms with van der Waals surface area (Å²) in [6.07, 6.45) is -3.15. The van der Waals surface area contributed by atoms with Crippen LogP contribution in [0.1, 0.15) is 62.3 Å². The van der Waals surface area contributed by atoms with Crippen LogP contribution < -0.4 is 10.6 Å². The van der Waals surface area contributed by atoms with Crippen molar-refractivity contribution in [3.63, 3.8) is 0 Å². The molecule has 5 amide bonds. The Bertz CT molecular complexity index is 2630. The number of Topliss-reactive ketones (excluding diaryl/α,β-unsaturated/α-hetero) is 3. The molecule has 0 aliphatic carbocycles. The summed E-state index contributed by atoms with van der Waals surface area (Å²) in [7, 11) is 0. The molecule has 3 saturated heterocycles. The van der Waals surface area contributed by atoms with Crippen LogP contribution in [-0.4, -0.2) is 165 Å². The number of nitrogens with zero attached hydrogens (tertiary/aromatic N) is 3. The number of amides is 5. The minimum absolute atomic E-state index is 0.103. The largest absolute Gasteiger partial charge is 0.444 e. The molecule has 80 heavy (non-hydrogen) atoms. The molecule has 3 fully saturated rings. The van der Waals surface area contributed by atoms with E-state index in [1.807, 2.05) is 0 Å². The average Bonchev–Trinajstić information content (AvgIpc) is 3.54. The molecule has 4 unspecified atom stereocenters. The van der Waals surface area contributed by atoms with Gasteiger partial charge in [0.1, 0.15) is 24.0 Å². The Morgan fingerprint density at radius 2 is 0.812 bits per heavy atom. The molecular formula is C62H75N5O13. The Balaban J connectivity index is 1.47. The van der Waals surface area contributed by atoms with E-state index in [2.05, 4.69) is 10.6 Å². The maximum Gasteiger partial charge on any atom is 0.408 e. The normalized spacial score (nSPS) is 17.5. The molecule has 2 N–H and O–H groups in total. The number of nitrogens with one attached hydrogen (secondary N) is 2. The molecule has 5 atom stereocenters. The van der Waals surface area contributed by atoms with E-state index < -0.39 is 107 Å². The summed E-state index contributed by atoms with van der Waals surface area (Å²) < 4.78 is 22.3. The zero-order valence-electron chi connectivity index (χ0n) is 46.1. The van der Waals surface area contributed by atoms with E-state index in [9.17, 15) is 19.2 Å². The quantitative estimate of drug-likeness (QED) is 0.0672. The van der Waals surface area contributed by atoms with Gasteiger partial charge in [0.2, 0.25) is 23.6 Å². The van der Waals surface area contributed by atoms with Crippen LogP contribution in [0.25, 0.3) is 0 Å². The summed E-state index contributed by atoms with van der Waals surface area (Å²) in [6, 6.07) is 30.9. The van der Waals surface area contributed by atoms with E-state index >= 15 is 24.0 Å². The van der Waals surface area contributed by atoms with Crippen molar-refractivity contribution in [1.82, 2.24) is 25.3 Å². The molecule has 0 bridgehead atoms. The molecule has 3 aliphatic heterocycles. The second-order valence-electron chi connectivity index (χ2n) is 21.7. The van der Waals surface area contributed by atoms with Gasteiger partial charge in [-0.2, -0.15) is 0 Å². The Morgan fingerprint density at radius 1 is 0.487 bits per heavy atom. The predicted molar refractivity (Wildman–Crippen MR) is 296 cm³/mol. The minimum atomic E-state index is -3.19. The molecule has 0 aromatic heterocycles. The van der Waals surface area contributed by atoms with Crippen molar-refractivity contribution in [2.24, 2.45) is 23.2 Å². The number of alkyl carbamates (subject to hydrolysis) is 1. The van der Waals surface area contributed by atoms with Gasteiger partial charge < -0.3 is 49.1 Å². The molecule has 3 aliphatic rings. The van der Waals surface area contributed by atoms with Crippen LogP contribution in [0.2, 0.25) is 0 Å². The van der Waals surface area contributed by atoms with E-state index in [0.717, 1.165) is 0 Å². The number of morpholine rings is 3. The van der Waals surface area contributed by atoms with Crippen molar-refractivity contribution >= 4 is 53.4 Å². The molecule has 18 heteroatoms. The Labute approximate surface area is 468 Å². The lowest BCUT2D eigenvalue weighted by molar-refractivity contribution is -0.158. The van der Waals surface area contributed by atoms with Gasteiger partial charge in [0.15, 0.2) is 22.8 Å². The molecule has 4 aromatic rings. The van der Waals surface area contributed by atoms with Gasteiger partial charge in [-0.1, -0.05) is 121 Å². The molecule has 426 valence electrons. The fourth-order valence-corrected chi connectivity index (χ4v) is 10.6. The molecule has 4 aromatic carbocycles. The lowest BCUT2D eigenvalue weighted by Crippen LogP contribution is -2.66. The second kappa shape index (κ2) is 29.2. The third-order valence-corrected chi connectivity index (χ3v) is 14.8. The first kappa shape index (κ1) is 60.2. The van der Waals surface area contributed by atoms with Crippen LogP contribution in [0.3, 0.4) is 0 Å². The number of carbonyl (C=O) groups is 9. The maximum absolute atomic E-state index is 16.7. The number of hydrogen-bond donors (Lipinski definition) is 2. The van der Waals surface area contributed by atoms with Crippen molar-refractivity contribution in [3.8, 4) is 0 Å². The number of ether oxygens (including phenoxy) is 4. The number of carbonyl (C=O) groups excluding carboxylic acids is 9. The first-order valence-electron chi connectivity index (χ1n) is 27.7. The summed E-state index contributed by atoms with van der Waals surface area (Å²) >= 11 is 0. The maximum atomic E-state index is 16.7. The number of ketones is 3. The topological polar surface area (TPSA) is 224 Å². The fraction of sp³-hybridized carbons (Fsp3) is 0.468. The van der Waals surface area contributed by atoms with Crippen molar-refractivity contribution in [3.05, 3.63) is 144 Å². The van der Waals surface area contributed by atoms with Crippen molar-refractivity contribution < 1.29 is 62.1 Å². The molecule has 7 rings (SSSR count). The minimum Gasteiger partial charge on any atom is -0.444 e. The van der Waals surface area contributed by atoms with Gasteiger partial charge in [-0.3, -0.25) is 33.6 Å². The van der Waals surface area contributed by atoms with Crippen LogP contribution in [0, 0.1) is 23.2 Å². The molecule has 0 radical (unpaired) electrons. The van der Waals surface area contributed by atoms with Crippen LogP contribution in [0.15, 0.2) is 121 Å². The van der Waals surface area contributed by atoms with Gasteiger partial charge in [-0.15, -0.1) is 0 Å². The van der Waals surface area contributed by atoms with Gasteiger partial charge in [-0.05, 0) is 62.3 Å². The van der Waals surface area contributed by atoms with E-state index in [1.165, 1.54) is 9.80 Å². The van der Waals surface area contributed by atoms with Gasteiger partial charge in [0.05, 0.1) is 39.6 Å². The first-order chi connectivity index (χ1) is 38.5. The lowest BCUT2D eigenvalue weighted by atomic mass is 9.62. The summed E-state index contributed by atoms with van der Waals surface area (Å²) in [5.74, 6) is -10.2. The highest BCUT2D eigenvalue weighted by atomic mass is 16.6. The lowest BCUT2D eigenvalue weighted by Gasteiger charge is -2.40. The Morgan fingerprint density at radius 3 is 1.15 bits per heavy atom. The first-order valence-corrected chi connectivity index (χ1v) is 27.7. The van der Waals surface area contributed by atoms with E-state index in [-0.39, 0.29) is 111 Å². The number of aldehydes is 1. The summed E-state index contributed by atoms with van der Waals surface area (Å²) in [6.45, 7) is 7.56. The van der Waals surface area contributed by atoms with Crippen LogP contribution in [0.5, 0.6) is 0 Å². The molecule has 0 spiro atoms. The van der Waals surface area contributed by atoms with Gasteiger partial charge in [0.25, 0.3) is 0 Å². The smallest absolute Gasteiger partial charge is 0.408 e. The monoisotopic (exact) mass is 1100 g/mol. The fourth-order valence-electron chi connectivity index (χ4n) is 10.6. The molecule has 0 saturated carbocycles. The van der Waals surface area contributed by atoms with Crippen LogP contribution >= 0.6 is 0 Å². The zero-order valence-corrected chi connectivity index (χ0v) is 46.1. The van der Waals surface area contributed by atoms with E-state index in [4.69, 9.17) is 18.9 Å². The highest BCUT2D eigenvalue weighted by Crippen LogP contribution is 2.38. The van der Waals surface area contributed by atoms with Gasteiger partial charge in [-0.25, -0.2) is 4.79 Å². The Hall–Kier alpha value is -7.41. The third-order valence-electron chi connectivity index (χ3n) is 14.8. The standard InChI is InChI=1S/C62H75N5O13/c1-61(2,3)80-60(76)63-51(39-47-22-14-7-15-23-47)59(75)64-56(55(72)48(36-44-16-8-4-9-17-44)40-52(69)65-24-30-77-31-25-65)62(43-68,57(73)49(37-45-18-10-5-11-19-45)41-53(70)66-26-32-78-33-27-66)58(74)50(38-46-20-12-6-13-21-46)42-54(71)67-28-34-79-35-29-67/h4-23,43,48-51,56H,24-42H2,1-3H3,(H,63,76)(H,64,75)/t48?,49?,50?,51-,56?,62?/m0/s1. The SMILES string of the molecule is CC(C)(C)OC(=O)N[C@@H](Cc1ccccc1)C(=O)NC(C(=O)C(CC(=O)N1CCOCC1)Cc1ccccc1)C(C=O)(C(=O)C(CC(=O)N1CCOCC1)Cc1ccccc1)C(=O)C(CC(=O)N1CCOCC1)Cc1ccccc1. The number of hydrogen-bond acceptors (Lipinski definition) is 13. The summed E-state index contributed by atoms with van der Waals surface area (Å²) in [5.41, 5.74) is -1.95. The number of benzene rings is 4. The zero-order chi connectivity index (χ0) is 57.1. The van der Waals surface area contributed by atoms with Gasteiger partial charge in [0, 0.05) is 82.7 Å². The Kier molecular flexibility index (Phi) is 22.0. The molecular weight excluding hydrogens is 1020 g/mol. The summed E-state index contributed by atoms with van der Waals surface area (Å²) in [4.78, 5) is 143. The van der Waals surface area contributed by atoms with Gasteiger partial charge >= 0.3 is 6.09 Å². The predicted octanol–water partition coefficient (Wildman–Crippen LogP) is 4.82. The van der Waals surface area contributed by atoms with Crippen LogP contribution in [-0.2, 0) is 83.0 Å². The van der Waals surface area contributed by atoms with Crippen LogP contribution in [0.4, 0.5) is 4.79 Å². The van der Waals surface area contributed by atoms with E-state index in [0.29, 0.717) is 22.3 Å². The van der Waals surface area contributed by atoms with Crippen molar-refractivity contribution in [2.75, 3.05) is 78.9 Å². The van der Waals surface area contributed by atoms with E-state index in [1.54, 1.807) is 147 Å². The second-order valence-corrected chi connectivity index (χ2v) is 21.7.